The molecule has 0 saturated carbocycles. The van der Waals surface area contributed by atoms with E-state index in [0.717, 1.165) is 0 Å². The summed E-state index contributed by atoms with van der Waals surface area (Å²) >= 11 is 3.14. The molecular formula is C8H9BrN2O3. The van der Waals surface area contributed by atoms with Crippen molar-refractivity contribution >= 4 is 27.8 Å². The summed E-state index contributed by atoms with van der Waals surface area (Å²) in [4.78, 5) is 24.6. The molecule has 1 aromatic rings. The molecule has 1 amide bonds. The summed E-state index contributed by atoms with van der Waals surface area (Å²) in [5.74, 6) is -1.48. The van der Waals surface area contributed by atoms with Crippen molar-refractivity contribution in [3.05, 3.63) is 22.4 Å². The highest BCUT2D eigenvalue weighted by Crippen LogP contribution is 2.09. The van der Waals surface area contributed by atoms with Gasteiger partial charge < -0.3 is 15.4 Å². The molecule has 0 radical (unpaired) electrons. The van der Waals surface area contributed by atoms with Crippen molar-refractivity contribution in [2.24, 2.45) is 0 Å². The van der Waals surface area contributed by atoms with Crippen molar-refractivity contribution in [2.75, 3.05) is 0 Å². The monoisotopic (exact) mass is 260 g/mol. The molecule has 0 aliphatic carbocycles. The Hall–Kier alpha value is -1.30. The second kappa shape index (κ2) is 4.28. The lowest BCUT2D eigenvalue weighted by molar-refractivity contribution is -0.138. The summed E-state index contributed by atoms with van der Waals surface area (Å²) < 4.78 is 0.672. The summed E-state index contributed by atoms with van der Waals surface area (Å²) in [7, 11) is 0. The van der Waals surface area contributed by atoms with Gasteiger partial charge in [-0.1, -0.05) is 0 Å². The summed E-state index contributed by atoms with van der Waals surface area (Å²) in [6.07, 6.45) is 1.49. The minimum atomic E-state index is -1.06. The number of carbonyl (C=O) groups is 2. The van der Waals surface area contributed by atoms with Gasteiger partial charge in [0.2, 0.25) is 0 Å². The highest BCUT2D eigenvalue weighted by atomic mass is 79.9. The van der Waals surface area contributed by atoms with Gasteiger partial charge in [-0.2, -0.15) is 0 Å². The molecule has 0 spiro atoms. The van der Waals surface area contributed by atoms with E-state index in [4.69, 9.17) is 5.11 Å². The molecule has 3 N–H and O–H groups in total. The Morgan fingerprint density at radius 1 is 1.64 bits per heavy atom. The van der Waals surface area contributed by atoms with E-state index in [0.29, 0.717) is 10.2 Å². The lowest BCUT2D eigenvalue weighted by Crippen LogP contribution is -2.38. The van der Waals surface area contributed by atoms with E-state index >= 15 is 0 Å². The Labute approximate surface area is 88.6 Å². The van der Waals surface area contributed by atoms with Gasteiger partial charge >= 0.3 is 5.97 Å². The molecular weight excluding hydrogens is 252 g/mol. The van der Waals surface area contributed by atoms with Crippen LogP contribution in [-0.4, -0.2) is 28.0 Å². The maximum atomic E-state index is 11.4. The minimum absolute atomic E-state index is 0.393. The molecule has 0 bridgehead atoms. The molecule has 5 nitrogen and oxygen atoms in total. The largest absolute Gasteiger partial charge is 0.480 e. The Morgan fingerprint density at radius 3 is 2.71 bits per heavy atom. The van der Waals surface area contributed by atoms with E-state index < -0.39 is 17.9 Å². The minimum Gasteiger partial charge on any atom is -0.480 e. The van der Waals surface area contributed by atoms with Gasteiger partial charge in [0.25, 0.3) is 5.91 Å². The van der Waals surface area contributed by atoms with Crippen LogP contribution in [0.4, 0.5) is 0 Å². The molecule has 0 saturated heterocycles. The lowest BCUT2D eigenvalue weighted by atomic mass is 10.3. The fraction of sp³-hybridized carbons (Fsp3) is 0.250. The number of carbonyl (C=O) groups excluding carboxylic acids is 1. The first-order valence-corrected chi connectivity index (χ1v) is 4.67. The third-order valence-electron chi connectivity index (χ3n) is 1.63. The molecule has 14 heavy (non-hydrogen) atoms. The van der Waals surface area contributed by atoms with Crippen LogP contribution in [0.3, 0.4) is 0 Å². The van der Waals surface area contributed by atoms with E-state index in [1.165, 1.54) is 13.1 Å². The van der Waals surface area contributed by atoms with Crippen LogP contribution in [-0.2, 0) is 4.79 Å². The van der Waals surface area contributed by atoms with Crippen LogP contribution in [0.5, 0.6) is 0 Å². The van der Waals surface area contributed by atoms with E-state index in [2.05, 4.69) is 26.2 Å². The number of aromatic amines is 1. The lowest BCUT2D eigenvalue weighted by Gasteiger charge is -2.07. The summed E-state index contributed by atoms with van der Waals surface area (Å²) in [5, 5.41) is 10.9. The summed E-state index contributed by atoms with van der Waals surface area (Å²) in [5.41, 5.74) is 0.393. The predicted molar refractivity (Wildman–Crippen MR) is 53.1 cm³/mol. The topological polar surface area (TPSA) is 82.2 Å². The molecule has 1 heterocycles. The van der Waals surface area contributed by atoms with Crippen molar-refractivity contribution in [1.82, 2.24) is 10.3 Å². The summed E-state index contributed by atoms with van der Waals surface area (Å²) in [6, 6.07) is 0.681. The molecule has 1 rings (SSSR count). The molecule has 0 unspecified atom stereocenters. The molecule has 0 aromatic carbocycles. The van der Waals surface area contributed by atoms with Crippen LogP contribution < -0.4 is 5.32 Å². The van der Waals surface area contributed by atoms with Crippen LogP contribution in [0.2, 0.25) is 0 Å². The normalized spacial score (nSPS) is 12.1. The van der Waals surface area contributed by atoms with E-state index in [-0.39, 0.29) is 0 Å². The summed E-state index contributed by atoms with van der Waals surface area (Å²) in [6.45, 7) is 1.40. The number of hydrogen-bond donors (Lipinski definition) is 3. The van der Waals surface area contributed by atoms with Crippen molar-refractivity contribution in [3.63, 3.8) is 0 Å². The van der Waals surface area contributed by atoms with Crippen LogP contribution >= 0.6 is 15.9 Å². The van der Waals surface area contributed by atoms with Gasteiger partial charge in [0.1, 0.15) is 6.04 Å². The quantitative estimate of drug-likeness (QED) is 0.758. The highest BCUT2D eigenvalue weighted by molar-refractivity contribution is 9.10. The number of amides is 1. The van der Waals surface area contributed by atoms with Crippen LogP contribution in [0, 0.1) is 0 Å². The zero-order valence-electron chi connectivity index (χ0n) is 7.37. The first-order chi connectivity index (χ1) is 6.50. The van der Waals surface area contributed by atoms with Gasteiger partial charge in [0.15, 0.2) is 0 Å². The molecule has 1 atom stereocenters. The maximum Gasteiger partial charge on any atom is 0.325 e. The second-order valence-electron chi connectivity index (χ2n) is 2.77. The fourth-order valence-electron chi connectivity index (χ4n) is 0.839. The average Bonchev–Trinajstić information content (AvgIpc) is 2.51. The van der Waals surface area contributed by atoms with Gasteiger partial charge in [-0.3, -0.25) is 9.59 Å². The van der Waals surface area contributed by atoms with Gasteiger partial charge in [0, 0.05) is 6.20 Å². The Morgan fingerprint density at radius 2 is 2.29 bits per heavy atom. The van der Waals surface area contributed by atoms with Gasteiger partial charge in [0.05, 0.1) is 10.2 Å². The third kappa shape index (κ3) is 2.59. The van der Waals surface area contributed by atoms with Crippen LogP contribution in [0.15, 0.2) is 16.9 Å². The van der Waals surface area contributed by atoms with E-state index in [1.807, 2.05) is 0 Å². The number of nitrogens with one attached hydrogen (secondary N) is 2. The van der Waals surface area contributed by atoms with Crippen LogP contribution in [0.1, 0.15) is 17.3 Å². The fourth-order valence-corrected chi connectivity index (χ4v) is 1.20. The number of halogens is 1. The first kappa shape index (κ1) is 10.8. The standard InChI is InChI=1S/C8H9BrN2O3/c1-4(8(13)14)11-7(12)5-2-6(9)10-3-5/h2-4,10H,1H3,(H,11,12)(H,13,14)/t4-/m1/s1. The van der Waals surface area contributed by atoms with Crippen molar-refractivity contribution in [2.45, 2.75) is 13.0 Å². The molecule has 0 aliphatic rings. The number of aromatic nitrogens is 1. The predicted octanol–water partition coefficient (Wildman–Crippen LogP) is 0.980. The maximum absolute atomic E-state index is 11.4. The average molecular weight is 261 g/mol. The number of carboxylic acids is 1. The number of aliphatic carboxylic acids is 1. The van der Waals surface area contributed by atoms with Crippen molar-refractivity contribution in [1.29, 1.82) is 0 Å². The molecule has 0 aliphatic heterocycles. The highest BCUT2D eigenvalue weighted by Gasteiger charge is 2.15. The SMILES string of the molecule is C[C@@H](NC(=O)c1c[nH]c(Br)c1)C(=O)O. The van der Waals surface area contributed by atoms with Gasteiger partial charge in [-0.25, -0.2) is 0 Å². The van der Waals surface area contributed by atoms with Crippen molar-refractivity contribution in [3.8, 4) is 0 Å². The van der Waals surface area contributed by atoms with E-state index in [9.17, 15) is 9.59 Å². The Bertz CT molecular complexity index is 361. The van der Waals surface area contributed by atoms with Gasteiger partial charge in [-0.05, 0) is 28.9 Å². The smallest absolute Gasteiger partial charge is 0.325 e. The Kier molecular flexibility index (Phi) is 3.29. The molecule has 76 valence electrons. The Balaban J connectivity index is 2.63. The number of carboxylic acid groups (broad SMARTS) is 1. The number of rotatable bonds is 3. The molecule has 1 aromatic heterocycles. The molecule has 0 fully saturated rings. The van der Waals surface area contributed by atoms with Crippen LogP contribution in [0.25, 0.3) is 0 Å². The number of H-pyrrole nitrogens is 1. The first-order valence-electron chi connectivity index (χ1n) is 3.88. The zero-order chi connectivity index (χ0) is 10.7. The van der Waals surface area contributed by atoms with E-state index in [1.54, 1.807) is 6.07 Å². The zero-order valence-corrected chi connectivity index (χ0v) is 8.96. The number of hydrogen-bond acceptors (Lipinski definition) is 2. The second-order valence-corrected chi connectivity index (χ2v) is 3.62. The molecule has 6 heteroatoms. The third-order valence-corrected chi connectivity index (χ3v) is 2.09. The van der Waals surface area contributed by atoms with Gasteiger partial charge in [-0.15, -0.1) is 0 Å². The van der Waals surface area contributed by atoms with Crippen molar-refractivity contribution < 1.29 is 14.7 Å².